The Morgan fingerprint density at radius 2 is 1.19 bits per heavy atom. The first kappa shape index (κ1) is 27.3. The molecular formula is C44H29N3S. The highest BCUT2D eigenvalue weighted by molar-refractivity contribution is 7.26. The van der Waals surface area contributed by atoms with E-state index in [1.165, 1.54) is 59.4 Å². The Bertz CT molecular complexity index is 2920. The summed E-state index contributed by atoms with van der Waals surface area (Å²) in [5.74, 6) is 1.65. The smallest absolute Gasteiger partial charge is 0.162 e. The fraction of sp³-hybridized carbons (Fsp3) is 0.0455. The van der Waals surface area contributed by atoms with Crippen molar-refractivity contribution in [1.29, 1.82) is 0 Å². The van der Waals surface area contributed by atoms with Crippen molar-refractivity contribution in [3.63, 3.8) is 0 Å². The van der Waals surface area contributed by atoms with Crippen molar-refractivity contribution in [3.8, 4) is 28.3 Å². The molecule has 0 aliphatic heterocycles. The van der Waals surface area contributed by atoms with Crippen LogP contribution in [0.1, 0.15) is 11.1 Å². The summed E-state index contributed by atoms with van der Waals surface area (Å²) in [5.41, 5.74) is 9.45. The van der Waals surface area contributed by atoms with Crippen LogP contribution in [0.5, 0.6) is 0 Å². The minimum absolute atomic E-state index is 0.735. The molecule has 0 amide bonds. The largest absolute Gasteiger partial charge is 0.292 e. The zero-order valence-corrected chi connectivity index (χ0v) is 27.3. The van der Waals surface area contributed by atoms with E-state index in [1.54, 1.807) is 11.3 Å². The fourth-order valence-corrected chi connectivity index (χ4v) is 8.89. The van der Waals surface area contributed by atoms with Crippen LogP contribution in [0.25, 0.3) is 92.0 Å². The molecule has 0 N–H and O–H groups in total. The SMILES string of the molecule is Cc1ccccc1-c1c(C)c2ccccc2c2c1c1ccccc1n2-c1nc(-c2cccc3ccccc23)nc2c1sc1ccccc12. The molecule has 10 aromatic rings. The van der Waals surface area contributed by atoms with Crippen molar-refractivity contribution in [2.45, 2.75) is 13.8 Å². The number of hydrogen-bond acceptors (Lipinski definition) is 3. The first-order chi connectivity index (χ1) is 23.7. The lowest BCUT2D eigenvalue weighted by molar-refractivity contribution is 1.09. The first-order valence-corrected chi connectivity index (χ1v) is 17.2. The van der Waals surface area contributed by atoms with Gasteiger partial charge in [-0.2, -0.15) is 0 Å². The second kappa shape index (κ2) is 10.3. The highest BCUT2D eigenvalue weighted by atomic mass is 32.1. The normalized spacial score (nSPS) is 12.0. The standard InChI is InChI=1S/C44H29N3S/c1-26-14-3-5-17-29(26)38-27(2)30-18-7-8-20-32(30)41-39(38)34-21-9-11-24-36(34)47(41)44-42-40(35-22-10-12-25-37(35)48-42)45-43(46-44)33-23-13-16-28-15-4-6-19-31(28)33/h3-25H,1-2H3. The third-order valence-corrected chi connectivity index (χ3v) is 11.1. The van der Waals surface area contributed by atoms with Crippen molar-refractivity contribution >= 4 is 75.0 Å². The van der Waals surface area contributed by atoms with Crippen LogP contribution in [-0.4, -0.2) is 14.5 Å². The lowest BCUT2D eigenvalue weighted by atomic mass is 9.88. The summed E-state index contributed by atoms with van der Waals surface area (Å²) in [7, 11) is 0. The van der Waals surface area contributed by atoms with Crippen LogP contribution < -0.4 is 0 Å². The average molecular weight is 632 g/mol. The number of fused-ring (bicyclic) bond motifs is 9. The predicted octanol–water partition coefficient (Wildman–Crippen LogP) is 12.2. The second-order valence-corrected chi connectivity index (χ2v) is 13.7. The molecular weight excluding hydrogens is 603 g/mol. The molecule has 0 atom stereocenters. The van der Waals surface area contributed by atoms with Crippen LogP contribution >= 0.6 is 11.3 Å². The molecule has 0 saturated heterocycles. The van der Waals surface area contributed by atoms with Crippen LogP contribution in [0.15, 0.2) is 140 Å². The molecule has 10 rings (SSSR count). The Labute approximate surface area is 281 Å². The van der Waals surface area contributed by atoms with Gasteiger partial charge in [-0.3, -0.25) is 4.57 Å². The summed E-state index contributed by atoms with van der Waals surface area (Å²) >= 11 is 1.78. The van der Waals surface area contributed by atoms with Crippen molar-refractivity contribution in [1.82, 2.24) is 14.5 Å². The molecule has 3 nitrogen and oxygen atoms in total. The quantitative estimate of drug-likeness (QED) is 0.194. The van der Waals surface area contributed by atoms with E-state index in [2.05, 4.69) is 158 Å². The van der Waals surface area contributed by atoms with Gasteiger partial charge in [0.15, 0.2) is 11.6 Å². The Morgan fingerprint density at radius 3 is 2.04 bits per heavy atom. The Hall–Kier alpha value is -5.84. The highest BCUT2D eigenvalue weighted by Crippen LogP contribution is 2.47. The number of nitrogens with zero attached hydrogens (tertiary/aromatic N) is 3. The van der Waals surface area contributed by atoms with E-state index in [1.807, 2.05) is 0 Å². The van der Waals surface area contributed by atoms with Crippen LogP contribution in [0.4, 0.5) is 0 Å². The Balaban J connectivity index is 1.45. The molecule has 0 unspecified atom stereocenters. The van der Waals surface area contributed by atoms with E-state index in [-0.39, 0.29) is 0 Å². The number of rotatable bonds is 3. The number of aryl methyl sites for hydroxylation is 2. The summed E-state index contributed by atoms with van der Waals surface area (Å²) in [6.45, 7) is 4.50. The van der Waals surface area contributed by atoms with E-state index >= 15 is 0 Å². The maximum Gasteiger partial charge on any atom is 0.162 e. The second-order valence-electron chi connectivity index (χ2n) is 12.6. The van der Waals surface area contributed by atoms with Crippen molar-refractivity contribution in [3.05, 3.63) is 151 Å². The average Bonchev–Trinajstić information content (AvgIpc) is 3.68. The van der Waals surface area contributed by atoms with Gasteiger partial charge < -0.3 is 0 Å². The fourth-order valence-electron chi connectivity index (χ4n) is 7.77. The molecule has 0 radical (unpaired) electrons. The van der Waals surface area contributed by atoms with Crippen LogP contribution in [0.3, 0.4) is 0 Å². The lowest BCUT2D eigenvalue weighted by Crippen LogP contribution is -2.02. The number of aromatic nitrogens is 3. The van der Waals surface area contributed by atoms with Gasteiger partial charge in [-0.1, -0.05) is 127 Å². The number of para-hydroxylation sites is 1. The minimum Gasteiger partial charge on any atom is -0.292 e. The van der Waals surface area contributed by atoms with Crippen LogP contribution in [0, 0.1) is 13.8 Å². The monoisotopic (exact) mass is 631 g/mol. The summed E-state index contributed by atoms with van der Waals surface area (Å²) in [6, 6.07) is 50.0. The number of hydrogen-bond donors (Lipinski definition) is 0. The number of thiophene rings is 1. The summed E-state index contributed by atoms with van der Waals surface area (Å²) in [5, 5.41) is 8.44. The molecule has 0 aliphatic carbocycles. The molecule has 0 aliphatic rings. The Kier molecular flexibility index (Phi) is 5.87. The highest BCUT2D eigenvalue weighted by Gasteiger charge is 2.25. The van der Waals surface area contributed by atoms with Gasteiger partial charge in [0.2, 0.25) is 0 Å². The topological polar surface area (TPSA) is 30.7 Å². The molecule has 48 heavy (non-hydrogen) atoms. The Morgan fingerprint density at radius 1 is 0.542 bits per heavy atom. The molecule has 3 heterocycles. The summed E-state index contributed by atoms with van der Waals surface area (Å²) < 4.78 is 4.73. The van der Waals surface area contributed by atoms with Gasteiger partial charge >= 0.3 is 0 Å². The van der Waals surface area contributed by atoms with Gasteiger partial charge in [0.1, 0.15) is 0 Å². The first-order valence-electron chi connectivity index (χ1n) is 16.4. The van der Waals surface area contributed by atoms with Gasteiger partial charge in [-0.05, 0) is 64.4 Å². The molecule has 0 saturated carbocycles. The van der Waals surface area contributed by atoms with Crippen LogP contribution in [0.2, 0.25) is 0 Å². The molecule has 0 fully saturated rings. The third kappa shape index (κ3) is 3.81. The maximum atomic E-state index is 5.57. The zero-order chi connectivity index (χ0) is 31.9. The van der Waals surface area contributed by atoms with E-state index in [4.69, 9.17) is 9.97 Å². The lowest BCUT2D eigenvalue weighted by Gasteiger charge is -2.17. The molecule has 4 heteroatoms. The zero-order valence-electron chi connectivity index (χ0n) is 26.5. The molecule has 0 spiro atoms. The van der Waals surface area contributed by atoms with E-state index in [0.29, 0.717) is 0 Å². The van der Waals surface area contributed by atoms with Gasteiger partial charge in [0.25, 0.3) is 0 Å². The van der Waals surface area contributed by atoms with Gasteiger partial charge in [0, 0.05) is 31.8 Å². The van der Waals surface area contributed by atoms with Gasteiger partial charge in [0.05, 0.1) is 21.3 Å². The van der Waals surface area contributed by atoms with E-state index < -0.39 is 0 Å². The third-order valence-electron chi connectivity index (χ3n) is 9.94. The molecule has 0 bridgehead atoms. The van der Waals surface area contributed by atoms with E-state index in [9.17, 15) is 0 Å². The number of benzene rings is 7. The molecule has 7 aromatic carbocycles. The van der Waals surface area contributed by atoms with Crippen molar-refractivity contribution < 1.29 is 0 Å². The predicted molar refractivity (Wildman–Crippen MR) is 205 cm³/mol. The summed E-state index contributed by atoms with van der Waals surface area (Å²) in [4.78, 5) is 10.9. The minimum atomic E-state index is 0.735. The maximum absolute atomic E-state index is 5.57. The van der Waals surface area contributed by atoms with Gasteiger partial charge in [-0.15, -0.1) is 11.3 Å². The van der Waals surface area contributed by atoms with Crippen LogP contribution in [-0.2, 0) is 0 Å². The van der Waals surface area contributed by atoms with E-state index in [0.717, 1.165) is 43.7 Å². The van der Waals surface area contributed by atoms with Crippen molar-refractivity contribution in [2.24, 2.45) is 0 Å². The summed E-state index contributed by atoms with van der Waals surface area (Å²) in [6.07, 6.45) is 0. The van der Waals surface area contributed by atoms with Crippen molar-refractivity contribution in [2.75, 3.05) is 0 Å². The molecule has 3 aromatic heterocycles. The molecule has 226 valence electrons. The van der Waals surface area contributed by atoms with Gasteiger partial charge in [-0.25, -0.2) is 9.97 Å².